The molecule has 1 heterocycles. The summed E-state index contributed by atoms with van der Waals surface area (Å²) in [6.07, 6.45) is 1.52. The second kappa shape index (κ2) is 8.65. The Bertz CT molecular complexity index is 1190. The molecule has 0 bridgehead atoms. The second-order valence-corrected chi connectivity index (χ2v) is 7.63. The lowest BCUT2D eigenvalue weighted by Crippen LogP contribution is -2.09. The van der Waals surface area contributed by atoms with E-state index in [0.717, 1.165) is 4.47 Å². The highest BCUT2D eigenvalue weighted by Crippen LogP contribution is 2.28. The number of hydrogen-bond donors (Lipinski definition) is 0. The molecule has 30 heavy (non-hydrogen) atoms. The molecule has 0 spiro atoms. The van der Waals surface area contributed by atoms with Crippen LogP contribution < -0.4 is 4.74 Å². The summed E-state index contributed by atoms with van der Waals surface area (Å²) in [4.78, 5) is 29.0. The maximum atomic E-state index is 12.4. The number of carbonyl (C=O) groups excluding carboxylic acids is 2. The Hall–Kier alpha value is -3.22. The fourth-order valence-corrected chi connectivity index (χ4v) is 3.24. The van der Waals surface area contributed by atoms with Gasteiger partial charge in [-0.1, -0.05) is 45.7 Å². The van der Waals surface area contributed by atoms with E-state index >= 15 is 0 Å². The van der Waals surface area contributed by atoms with Crippen molar-refractivity contribution in [2.75, 3.05) is 0 Å². The van der Waals surface area contributed by atoms with Crippen molar-refractivity contribution in [1.82, 2.24) is 0 Å². The molecule has 0 aliphatic carbocycles. The van der Waals surface area contributed by atoms with Crippen LogP contribution in [-0.4, -0.2) is 17.8 Å². The SMILES string of the molecule is O=C1OC(c2ccc(Cl)cc2)=N/C1=C/c1cc(Br)ccc1OC(=O)c1ccccc1. The Balaban J connectivity index is 1.66. The third-order valence-electron chi connectivity index (χ3n) is 4.19. The van der Waals surface area contributed by atoms with Crippen LogP contribution in [0.15, 0.2) is 88.0 Å². The molecule has 1 aliphatic rings. The van der Waals surface area contributed by atoms with Crippen LogP contribution in [-0.2, 0) is 9.53 Å². The molecular weight excluding hydrogens is 470 g/mol. The van der Waals surface area contributed by atoms with Crippen molar-refractivity contribution in [3.05, 3.63) is 105 Å². The molecule has 3 aromatic rings. The number of halogens is 2. The Morgan fingerprint density at radius 3 is 2.50 bits per heavy atom. The van der Waals surface area contributed by atoms with E-state index in [1.165, 1.54) is 6.08 Å². The average Bonchev–Trinajstić information content (AvgIpc) is 3.11. The largest absolute Gasteiger partial charge is 0.422 e. The fourth-order valence-electron chi connectivity index (χ4n) is 2.73. The van der Waals surface area contributed by atoms with Gasteiger partial charge in [-0.25, -0.2) is 14.6 Å². The van der Waals surface area contributed by atoms with Crippen molar-refractivity contribution in [3.63, 3.8) is 0 Å². The van der Waals surface area contributed by atoms with E-state index in [4.69, 9.17) is 21.1 Å². The lowest BCUT2D eigenvalue weighted by Gasteiger charge is -2.08. The number of esters is 2. The molecule has 0 aromatic heterocycles. The highest BCUT2D eigenvalue weighted by Gasteiger charge is 2.25. The molecule has 148 valence electrons. The van der Waals surface area contributed by atoms with Gasteiger partial charge in [0.1, 0.15) is 5.75 Å². The molecule has 0 unspecified atom stereocenters. The van der Waals surface area contributed by atoms with Gasteiger partial charge in [0.15, 0.2) is 5.70 Å². The Morgan fingerprint density at radius 1 is 1.03 bits per heavy atom. The highest BCUT2D eigenvalue weighted by atomic mass is 79.9. The summed E-state index contributed by atoms with van der Waals surface area (Å²) in [5.74, 6) is -0.625. The zero-order valence-corrected chi connectivity index (χ0v) is 17.7. The molecule has 4 rings (SSSR count). The van der Waals surface area contributed by atoms with Crippen LogP contribution in [0.1, 0.15) is 21.5 Å². The summed E-state index contributed by atoms with van der Waals surface area (Å²) in [6, 6.07) is 20.5. The van der Waals surface area contributed by atoms with Gasteiger partial charge >= 0.3 is 11.9 Å². The van der Waals surface area contributed by atoms with Gasteiger partial charge in [-0.15, -0.1) is 0 Å². The third-order valence-corrected chi connectivity index (χ3v) is 4.93. The summed E-state index contributed by atoms with van der Waals surface area (Å²) >= 11 is 9.29. The Labute approximate surface area is 185 Å². The quantitative estimate of drug-likeness (QED) is 0.273. The van der Waals surface area contributed by atoms with E-state index in [1.54, 1.807) is 66.7 Å². The van der Waals surface area contributed by atoms with E-state index < -0.39 is 11.9 Å². The first kappa shape index (κ1) is 20.1. The summed E-state index contributed by atoms with van der Waals surface area (Å²) in [5, 5.41) is 0.568. The van der Waals surface area contributed by atoms with Crippen LogP contribution in [0.2, 0.25) is 5.02 Å². The van der Waals surface area contributed by atoms with Gasteiger partial charge in [-0.2, -0.15) is 0 Å². The Kier molecular flexibility index (Phi) is 5.79. The lowest BCUT2D eigenvalue weighted by molar-refractivity contribution is -0.129. The third kappa shape index (κ3) is 4.50. The van der Waals surface area contributed by atoms with Crippen LogP contribution >= 0.6 is 27.5 Å². The Morgan fingerprint density at radius 2 is 1.77 bits per heavy atom. The molecule has 1 aliphatic heterocycles. The van der Waals surface area contributed by atoms with E-state index in [1.807, 2.05) is 6.07 Å². The van der Waals surface area contributed by atoms with Crippen molar-refractivity contribution in [2.24, 2.45) is 4.99 Å². The lowest BCUT2D eigenvalue weighted by atomic mass is 10.1. The van der Waals surface area contributed by atoms with Gasteiger partial charge in [0, 0.05) is 20.6 Å². The summed E-state index contributed by atoms with van der Waals surface area (Å²) in [7, 11) is 0. The number of nitrogens with zero attached hydrogens (tertiary/aromatic N) is 1. The minimum Gasteiger partial charge on any atom is -0.422 e. The fraction of sp³-hybridized carbons (Fsp3) is 0. The molecule has 5 nitrogen and oxygen atoms in total. The number of carbonyl (C=O) groups is 2. The van der Waals surface area contributed by atoms with Gasteiger partial charge < -0.3 is 9.47 Å². The van der Waals surface area contributed by atoms with Crippen LogP contribution in [0.3, 0.4) is 0 Å². The maximum Gasteiger partial charge on any atom is 0.363 e. The van der Waals surface area contributed by atoms with Crippen molar-refractivity contribution < 1.29 is 19.1 Å². The number of ether oxygens (including phenoxy) is 2. The molecule has 0 fully saturated rings. The van der Waals surface area contributed by atoms with Gasteiger partial charge in [0.2, 0.25) is 5.90 Å². The van der Waals surface area contributed by atoms with Crippen molar-refractivity contribution in [2.45, 2.75) is 0 Å². The number of cyclic esters (lactones) is 1. The molecule has 7 heteroatoms. The predicted molar refractivity (Wildman–Crippen MR) is 118 cm³/mol. The van der Waals surface area contributed by atoms with E-state index in [9.17, 15) is 9.59 Å². The standard InChI is InChI=1S/C23H13BrClNO4/c24-17-8-11-20(29-22(27)15-4-2-1-3-5-15)16(12-17)13-19-23(28)30-21(26-19)14-6-9-18(25)10-7-14/h1-13H/b19-13+. The smallest absolute Gasteiger partial charge is 0.363 e. The zero-order chi connectivity index (χ0) is 21.1. The first-order valence-corrected chi connectivity index (χ1v) is 10.0. The number of hydrogen-bond acceptors (Lipinski definition) is 5. The van der Waals surface area contributed by atoms with Gasteiger partial charge in [-0.3, -0.25) is 0 Å². The minimum absolute atomic E-state index is 0.0926. The van der Waals surface area contributed by atoms with Gasteiger partial charge in [0.05, 0.1) is 5.56 Å². The number of benzene rings is 3. The van der Waals surface area contributed by atoms with E-state index in [-0.39, 0.29) is 11.6 Å². The first-order valence-electron chi connectivity index (χ1n) is 8.85. The average molecular weight is 483 g/mol. The second-order valence-electron chi connectivity index (χ2n) is 6.28. The molecule has 3 aromatic carbocycles. The van der Waals surface area contributed by atoms with Gasteiger partial charge in [-0.05, 0) is 60.7 Å². The maximum absolute atomic E-state index is 12.4. The summed E-state index contributed by atoms with van der Waals surface area (Å²) < 4.78 is 11.6. The normalized spacial score (nSPS) is 14.4. The molecule has 0 saturated heterocycles. The predicted octanol–water partition coefficient (Wildman–Crippen LogP) is 5.67. The van der Waals surface area contributed by atoms with Crippen LogP contribution in [0, 0.1) is 0 Å². The summed E-state index contributed by atoms with van der Waals surface area (Å²) in [6.45, 7) is 0. The molecule has 0 saturated carbocycles. The molecular formula is C23H13BrClNO4. The first-order chi connectivity index (χ1) is 14.5. The van der Waals surface area contributed by atoms with Gasteiger partial charge in [0.25, 0.3) is 0 Å². The topological polar surface area (TPSA) is 65.0 Å². The molecule has 0 atom stereocenters. The highest BCUT2D eigenvalue weighted by molar-refractivity contribution is 9.10. The summed E-state index contributed by atoms with van der Waals surface area (Å²) in [5.41, 5.74) is 1.64. The number of rotatable bonds is 4. The minimum atomic E-state index is -0.597. The number of aliphatic imine (C=N–C) groups is 1. The van der Waals surface area contributed by atoms with Crippen molar-refractivity contribution >= 4 is 51.4 Å². The van der Waals surface area contributed by atoms with Crippen LogP contribution in [0.4, 0.5) is 0 Å². The molecule has 0 radical (unpaired) electrons. The molecule has 0 N–H and O–H groups in total. The zero-order valence-electron chi connectivity index (χ0n) is 15.3. The van der Waals surface area contributed by atoms with E-state index in [2.05, 4.69) is 20.9 Å². The van der Waals surface area contributed by atoms with Crippen LogP contribution in [0.5, 0.6) is 5.75 Å². The van der Waals surface area contributed by atoms with E-state index in [0.29, 0.717) is 27.5 Å². The monoisotopic (exact) mass is 481 g/mol. The van der Waals surface area contributed by atoms with Crippen molar-refractivity contribution in [3.8, 4) is 5.75 Å². The van der Waals surface area contributed by atoms with Crippen molar-refractivity contribution in [1.29, 1.82) is 0 Å². The van der Waals surface area contributed by atoms with Crippen LogP contribution in [0.25, 0.3) is 6.08 Å². The molecule has 0 amide bonds.